The highest BCUT2D eigenvalue weighted by molar-refractivity contribution is 7.71. The van der Waals surface area contributed by atoms with Gasteiger partial charge in [0.15, 0.2) is 17.9 Å². The van der Waals surface area contributed by atoms with Crippen molar-refractivity contribution >= 4 is 18.0 Å². The largest absolute Gasteiger partial charge is 0.394 e. The molecule has 8 heteroatoms. The number of aromatic nitrogens is 2. The Balaban J connectivity index is 2.35. The third-order valence-corrected chi connectivity index (χ3v) is 2.84. The molecule has 1 aliphatic rings. The number of rotatable bonds is 2. The van der Waals surface area contributed by atoms with E-state index in [2.05, 4.69) is 4.98 Å². The van der Waals surface area contributed by atoms with Crippen LogP contribution in [0.3, 0.4) is 0 Å². The van der Waals surface area contributed by atoms with Crippen LogP contribution >= 0.6 is 12.2 Å². The van der Waals surface area contributed by atoms with Crippen molar-refractivity contribution in [2.75, 3.05) is 12.3 Å². The highest BCUT2D eigenvalue weighted by atomic mass is 32.1. The molecule has 2 rings (SSSR count). The summed E-state index contributed by atoms with van der Waals surface area (Å²) in [6.07, 6.45) is -2.06. The van der Waals surface area contributed by atoms with Crippen LogP contribution in [-0.2, 0) is 4.74 Å². The standard InChI is InChI=1S/C9H11F2N3O2S/c10-5-1-4(3-15)16-8(5)14-2-6(11)7(12)13-9(14)17/h2,4-5,8,15H,1,3H2,(H2,12,13,17). The second-order valence-corrected chi connectivity index (χ2v) is 4.11. The number of nitrogens with zero attached hydrogens (tertiary/aromatic N) is 2. The summed E-state index contributed by atoms with van der Waals surface area (Å²) >= 11 is 4.86. The van der Waals surface area contributed by atoms with E-state index >= 15 is 0 Å². The monoisotopic (exact) mass is 263 g/mol. The van der Waals surface area contributed by atoms with Crippen LogP contribution < -0.4 is 5.73 Å². The van der Waals surface area contributed by atoms with Crippen molar-refractivity contribution in [1.29, 1.82) is 0 Å². The summed E-state index contributed by atoms with van der Waals surface area (Å²) in [6, 6.07) is 0. The second-order valence-electron chi connectivity index (χ2n) is 3.75. The first-order chi connectivity index (χ1) is 8.02. The van der Waals surface area contributed by atoms with Crippen molar-refractivity contribution < 1.29 is 18.6 Å². The number of ether oxygens (including phenoxy) is 1. The highest BCUT2D eigenvalue weighted by Crippen LogP contribution is 2.31. The van der Waals surface area contributed by atoms with Crippen molar-refractivity contribution in [1.82, 2.24) is 9.55 Å². The average molecular weight is 263 g/mol. The SMILES string of the molecule is Nc1nc(=S)n(C2OC(CO)CC2F)cc1F. The Morgan fingerprint density at radius 1 is 1.71 bits per heavy atom. The third-order valence-electron chi connectivity index (χ3n) is 2.54. The van der Waals surface area contributed by atoms with Crippen LogP contribution in [0.25, 0.3) is 0 Å². The molecule has 2 heterocycles. The predicted octanol–water partition coefficient (Wildman–Crippen LogP) is 0.952. The van der Waals surface area contributed by atoms with E-state index in [0.717, 1.165) is 10.8 Å². The van der Waals surface area contributed by atoms with Crippen molar-refractivity contribution in [2.45, 2.75) is 24.9 Å². The Hall–Kier alpha value is -1.12. The lowest BCUT2D eigenvalue weighted by molar-refractivity contribution is -0.0387. The van der Waals surface area contributed by atoms with Crippen molar-refractivity contribution in [3.63, 3.8) is 0 Å². The van der Waals surface area contributed by atoms with E-state index in [4.69, 9.17) is 27.8 Å². The molecule has 0 amide bonds. The van der Waals surface area contributed by atoms with Gasteiger partial charge in [-0.1, -0.05) is 0 Å². The van der Waals surface area contributed by atoms with Gasteiger partial charge < -0.3 is 15.6 Å². The van der Waals surface area contributed by atoms with Gasteiger partial charge in [-0.3, -0.25) is 4.57 Å². The maximum Gasteiger partial charge on any atom is 0.203 e. The summed E-state index contributed by atoms with van der Waals surface area (Å²) in [5.74, 6) is -1.12. The molecule has 1 aromatic rings. The molecule has 3 N–H and O–H groups in total. The Kier molecular flexibility index (Phi) is 3.36. The Bertz CT molecular complexity index is 482. The minimum atomic E-state index is -1.37. The smallest absolute Gasteiger partial charge is 0.203 e. The van der Waals surface area contributed by atoms with Gasteiger partial charge in [-0.05, 0) is 12.2 Å². The fraction of sp³-hybridized carbons (Fsp3) is 0.556. The van der Waals surface area contributed by atoms with Crippen molar-refractivity contribution in [3.05, 3.63) is 16.8 Å². The summed E-state index contributed by atoms with van der Waals surface area (Å²) in [5.41, 5.74) is 5.24. The summed E-state index contributed by atoms with van der Waals surface area (Å²) < 4.78 is 33.1. The zero-order chi connectivity index (χ0) is 12.6. The maximum absolute atomic E-state index is 13.6. The van der Waals surface area contributed by atoms with E-state index in [1.54, 1.807) is 0 Å². The predicted molar refractivity (Wildman–Crippen MR) is 57.9 cm³/mol. The van der Waals surface area contributed by atoms with Crippen molar-refractivity contribution in [2.24, 2.45) is 0 Å². The van der Waals surface area contributed by atoms with Gasteiger partial charge in [0.05, 0.1) is 12.7 Å². The molecule has 3 unspecified atom stereocenters. The molecule has 1 fully saturated rings. The van der Waals surface area contributed by atoms with E-state index in [1.807, 2.05) is 0 Å². The minimum absolute atomic E-state index is 0.0366. The molecule has 0 saturated carbocycles. The number of anilines is 1. The zero-order valence-electron chi connectivity index (χ0n) is 8.72. The summed E-state index contributed by atoms with van der Waals surface area (Å²) in [6.45, 7) is -0.297. The Morgan fingerprint density at radius 2 is 2.41 bits per heavy atom. The number of alkyl halides is 1. The number of aliphatic hydroxyl groups excluding tert-OH is 1. The third kappa shape index (κ3) is 2.28. The minimum Gasteiger partial charge on any atom is -0.394 e. The number of hydrogen-bond acceptors (Lipinski definition) is 5. The van der Waals surface area contributed by atoms with Gasteiger partial charge in [-0.2, -0.15) is 4.98 Å². The van der Waals surface area contributed by atoms with Crippen LogP contribution in [0.1, 0.15) is 12.6 Å². The zero-order valence-corrected chi connectivity index (χ0v) is 9.53. The first-order valence-corrected chi connectivity index (χ1v) is 5.38. The number of hydrogen-bond donors (Lipinski definition) is 2. The molecule has 0 aliphatic carbocycles. The fourth-order valence-corrected chi connectivity index (χ4v) is 1.96. The molecule has 1 saturated heterocycles. The normalized spacial score (nSPS) is 28.5. The van der Waals surface area contributed by atoms with Gasteiger partial charge in [0.2, 0.25) is 4.77 Å². The lowest BCUT2D eigenvalue weighted by Crippen LogP contribution is -2.20. The lowest BCUT2D eigenvalue weighted by atomic mass is 10.2. The average Bonchev–Trinajstić information content (AvgIpc) is 2.65. The fourth-order valence-electron chi connectivity index (χ4n) is 1.70. The van der Waals surface area contributed by atoms with E-state index < -0.39 is 24.3 Å². The van der Waals surface area contributed by atoms with Crippen LogP contribution in [-0.4, -0.2) is 33.5 Å². The first kappa shape index (κ1) is 12.3. The molecule has 5 nitrogen and oxygen atoms in total. The van der Waals surface area contributed by atoms with Crippen molar-refractivity contribution in [3.8, 4) is 0 Å². The second kappa shape index (κ2) is 4.63. The number of nitrogen functional groups attached to an aromatic ring is 1. The molecule has 0 radical (unpaired) electrons. The van der Waals surface area contributed by atoms with Crippen LogP contribution in [0, 0.1) is 10.6 Å². The molecule has 1 aromatic heterocycles. The van der Waals surface area contributed by atoms with Gasteiger partial charge in [-0.25, -0.2) is 8.78 Å². The molecular weight excluding hydrogens is 252 g/mol. The van der Waals surface area contributed by atoms with Gasteiger partial charge in [-0.15, -0.1) is 0 Å². The van der Waals surface area contributed by atoms with Crippen LogP contribution in [0.2, 0.25) is 0 Å². The molecule has 17 heavy (non-hydrogen) atoms. The Morgan fingerprint density at radius 3 is 3.00 bits per heavy atom. The molecule has 0 spiro atoms. The topological polar surface area (TPSA) is 73.3 Å². The molecular formula is C9H11F2N3O2S. The molecule has 0 bridgehead atoms. The first-order valence-electron chi connectivity index (χ1n) is 4.97. The van der Waals surface area contributed by atoms with Crippen LogP contribution in [0.5, 0.6) is 0 Å². The lowest BCUT2D eigenvalue weighted by Gasteiger charge is -2.17. The van der Waals surface area contributed by atoms with Crippen LogP contribution in [0.15, 0.2) is 6.20 Å². The number of nitrogens with two attached hydrogens (primary N) is 1. The highest BCUT2D eigenvalue weighted by Gasteiger charge is 2.36. The molecule has 1 aliphatic heterocycles. The van der Waals surface area contributed by atoms with E-state index in [-0.39, 0.29) is 23.6 Å². The summed E-state index contributed by atoms with van der Waals surface area (Å²) in [7, 11) is 0. The quantitative estimate of drug-likeness (QED) is 0.777. The molecule has 94 valence electrons. The van der Waals surface area contributed by atoms with E-state index in [0.29, 0.717) is 0 Å². The molecule has 3 atom stereocenters. The van der Waals surface area contributed by atoms with Gasteiger partial charge in [0, 0.05) is 12.6 Å². The van der Waals surface area contributed by atoms with Gasteiger partial charge in [0.25, 0.3) is 0 Å². The van der Waals surface area contributed by atoms with Gasteiger partial charge in [0.1, 0.15) is 6.17 Å². The van der Waals surface area contributed by atoms with Gasteiger partial charge >= 0.3 is 0 Å². The van der Waals surface area contributed by atoms with E-state index in [1.165, 1.54) is 0 Å². The maximum atomic E-state index is 13.6. The summed E-state index contributed by atoms with van der Waals surface area (Å²) in [5, 5.41) is 8.88. The summed E-state index contributed by atoms with van der Waals surface area (Å²) in [4.78, 5) is 3.57. The van der Waals surface area contributed by atoms with E-state index in [9.17, 15) is 8.78 Å². The number of halogens is 2. The Labute approximate surface area is 101 Å². The van der Waals surface area contributed by atoms with Crippen LogP contribution in [0.4, 0.5) is 14.6 Å². The molecule has 0 aromatic carbocycles. The number of aliphatic hydroxyl groups is 1.